The second kappa shape index (κ2) is 11.6. The largest absolute Gasteiger partial charge is 0.519 e. The number of nitrogens with one attached hydrogen (secondary N) is 1. The maximum Gasteiger partial charge on any atom is 0.519 e. The van der Waals surface area contributed by atoms with Gasteiger partial charge >= 0.3 is 17.5 Å². The number of hydrogen-bond acceptors (Lipinski definition) is 10. The highest BCUT2D eigenvalue weighted by Gasteiger charge is 2.34. The number of aryl methyl sites for hydroxylation is 1. The molecular formula is C28H22Cl2N4O7S. The molecule has 1 N–H and O–H groups in total. The van der Waals surface area contributed by atoms with Crippen LogP contribution in [-0.2, 0) is 28.0 Å². The number of halogens is 2. The van der Waals surface area contributed by atoms with Crippen LogP contribution in [-0.4, -0.2) is 25.7 Å². The lowest BCUT2D eigenvalue weighted by Crippen LogP contribution is -2.30. The Hall–Kier alpha value is -4.26. The minimum atomic E-state index is -0.869. The smallest absolute Gasteiger partial charge is 0.457 e. The molecule has 0 aliphatic rings. The fourth-order valence-electron chi connectivity index (χ4n) is 4.32. The van der Waals surface area contributed by atoms with Crippen molar-refractivity contribution < 1.29 is 18.4 Å². The lowest BCUT2D eigenvalue weighted by atomic mass is 9.85. The number of esters is 1. The van der Waals surface area contributed by atoms with Crippen molar-refractivity contribution in [3.8, 4) is 16.9 Å². The van der Waals surface area contributed by atoms with Gasteiger partial charge in [0.1, 0.15) is 11.2 Å². The van der Waals surface area contributed by atoms with E-state index in [2.05, 4.69) is 10.1 Å². The number of carbonyl (C=O) groups is 1. The minimum absolute atomic E-state index is 0.0969. The first-order chi connectivity index (χ1) is 19.9. The standard InChI is InChI=1S/C28H22Cl2N4O7S/c1-14-19(41-27(38)40-14)13-39-22(36)11-20-24(15-7-5-4-6-8-15)33-25(42-20)28(2,3)23-17(29)9-16(10-18(23)30)34-26(37)32-21(35)12-31-34/h4-10,12H,11,13H2,1-3H3,(H,32,35,37). The number of benzene rings is 2. The van der Waals surface area contributed by atoms with Crippen LogP contribution in [0.1, 0.15) is 40.8 Å². The summed E-state index contributed by atoms with van der Waals surface area (Å²) in [6.07, 6.45) is 0.876. The molecule has 0 bridgehead atoms. The highest BCUT2D eigenvalue weighted by molar-refractivity contribution is 7.12. The van der Waals surface area contributed by atoms with E-state index in [4.69, 9.17) is 41.8 Å². The van der Waals surface area contributed by atoms with Gasteiger partial charge in [0, 0.05) is 31.5 Å². The molecule has 3 heterocycles. The quantitative estimate of drug-likeness (QED) is 0.238. The highest BCUT2D eigenvalue weighted by atomic mass is 35.5. The van der Waals surface area contributed by atoms with E-state index in [1.165, 1.54) is 30.4 Å². The molecule has 0 saturated heterocycles. The van der Waals surface area contributed by atoms with Crippen LogP contribution in [0.2, 0.25) is 10.0 Å². The van der Waals surface area contributed by atoms with Gasteiger partial charge in [0.05, 0.1) is 17.8 Å². The first-order valence-corrected chi connectivity index (χ1v) is 14.0. The summed E-state index contributed by atoms with van der Waals surface area (Å²) >= 11 is 14.8. The zero-order valence-corrected chi connectivity index (χ0v) is 24.7. The Balaban J connectivity index is 1.50. The molecule has 0 radical (unpaired) electrons. The van der Waals surface area contributed by atoms with E-state index in [1.54, 1.807) is 0 Å². The van der Waals surface area contributed by atoms with Gasteiger partial charge in [-0.1, -0.05) is 53.5 Å². The van der Waals surface area contributed by atoms with Crippen LogP contribution in [0.15, 0.2) is 71.9 Å². The summed E-state index contributed by atoms with van der Waals surface area (Å²) in [5.41, 5.74) is -0.0142. The molecule has 0 atom stereocenters. The summed E-state index contributed by atoms with van der Waals surface area (Å²) in [7, 11) is 0. The number of H-pyrrole nitrogens is 1. The molecule has 0 spiro atoms. The molecule has 0 amide bonds. The Labute approximate surface area is 251 Å². The van der Waals surface area contributed by atoms with Crippen molar-refractivity contribution in [3.05, 3.63) is 117 Å². The molecule has 216 valence electrons. The van der Waals surface area contributed by atoms with Crippen LogP contribution in [0.3, 0.4) is 0 Å². The molecule has 0 unspecified atom stereocenters. The topological polar surface area (TPSA) is 150 Å². The summed E-state index contributed by atoms with van der Waals surface area (Å²) < 4.78 is 16.0. The molecule has 11 nitrogen and oxygen atoms in total. The third-order valence-corrected chi connectivity index (χ3v) is 8.37. The zero-order valence-electron chi connectivity index (χ0n) is 22.4. The molecular weight excluding hydrogens is 607 g/mol. The van der Waals surface area contributed by atoms with Gasteiger partial charge in [-0.2, -0.15) is 9.78 Å². The van der Waals surface area contributed by atoms with E-state index in [1.807, 2.05) is 44.2 Å². The Morgan fingerprint density at radius 1 is 1.10 bits per heavy atom. The number of nitrogens with zero attached hydrogens (tertiary/aromatic N) is 3. The SMILES string of the molecule is Cc1oc(=O)oc1COC(=O)Cc1sc(C(C)(C)c2c(Cl)cc(-n3ncc(=O)[nH]c3=O)cc2Cl)nc1-c1ccccc1. The van der Waals surface area contributed by atoms with Crippen molar-refractivity contribution in [3.63, 3.8) is 0 Å². The van der Waals surface area contributed by atoms with Crippen molar-refractivity contribution >= 4 is 40.5 Å². The van der Waals surface area contributed by atoms with Crippen LogP contribution < -0.4 is 17.1 Å². The van der Waals surface area contributed by atoms with E-state index in [0.717, 1.165) is 16.4 Å². The average molecular weight is 629 g/mol. The Morgan fingerprint density at radius 2 is 1.79 bits per heavy atom. The van der Waals surface area contributed by atoms with Crippen molar-refractivity contribution in [2.75, 3.05) is 0 Å². The van der Waals surface area contributed by atoms with Crippen LogP contribution in [0.25, 0.3) is 16.9 Å². The van der Waals surface area contributed by atoms with E-state index in [-0.39, 0.29) is 40.3 Å². The number of ether oxygens (including phenoxy) is 1. The third-order valence-electron chi connectivity index (χ3n) is 6.39. The summed E-state index contributed by atoms with van der Waals surface area (Å²) in [6.45, 7) is 5.07. The van der Waals surface area contributed by atoms with Gasteiger partial charge in [-0.05, 0) is 32.9 Å². The highest BCUT2D eigenvalue weighted by Crippen LogP contribution is 2.44. The van der Waals surface area contributed by atoms with E-state index >= 15 is 0 Å². The third kappa shape index (κ3) is 5.87. The van der Waals surface area contributed by atoms with Gasteiger partial charge in [-0.25, -0.2) is 14.6 Å². The number of aromatic amines is 1. The van der Waals surface area contributed by atoms with Gasteiger partial charge in [-0.3, -0.25) is 14.6 Å². The molecule has 14 heteroatoms. The molecule has 0 aliphatic carbocycles. The zero-order chi connectivity index (χ0) is 30.2. The summed E-state index contributed by atoms with van der Waals surface area (Å²) in [6, 6.07) is 12.4. The van der Waals surface area contributed by atoms with Gasteiger partial charge in [0.2, 0.25) is 0 Å². The molecule has 0 aliphatic heterocycles. The van der Waals surface area contributed by atoms with Crippen molar-refractivity contribution in [1.82, 2.24) is 19.7 Å². The normalized spacial score (nSPS) is 11.5. The average Bonchev–Trinajstić information content (AvgIpc) is 3.49. The van der Waals surface area contributed by atoms with Crippen LogP contribution in [0.4, 0.5) is 0 Å². The van der Waals surface area contributed by atoms with Crippen molar-refractivity contribution in [1.29, 1.82) is 0 Å². The summed E-state index contributed by atoms with van der Waals surface area (Å²) in [5, 5.41) is 4.98. The summed E-state index contributed by atoms with van der Waals surface area (Å²) in [5.74, 6) is -1.05. The number of carbonyl (C=O) groups excluding carboxylic acids is 1. The Bertz CT molecular complexity index is 1950. The Kier molecular flexibility index (Phi) is 8.04. The van der Waals surface area contributed by atoms with E-state index < -0.39 is 28.5 Å². The molecule has 0 fully saturated rings. The predicted molar refractivity (Wildman–Crippen MR) is 156 cm³/mol. The lowest BCUT2D eigenvalue weighted by molar-refractivity contribution is -0.144. The van der Waals surface area contributed by atoms with Gasteiger partial charge in [0.25, 0.3) is 5.56 Å². The number of thiazole rings is 1. The fraction of sp³-hybridized carbons (Fsp3) is 0.214. The Morgan fingerprint density at radius 3 is 2.40 bits per heavy atom. The summed E-state index contributed by atoms with van der Waals surface area (Å²) in [4.78, 5) is 55.5. The lowest BCUT2D eigenvalue weighted by Gasteiger charge is -2.26. The number of aromatic nitrogens is 4. The molecule has 5 aromatic rings. The van der Waals surface area contributed by atoms with Gasteiger partial charge in [-0.15, -0.1) is 11.3 Å². The second-order valence-electron chi connectivity index (χ2n) is 9.69. The van der Waals surface area contributed by atoms with E-state index in [9.17, 15) is 19.2 Å². The van der Waals surface area contributed by atoms with E-state index in [0.29, 0.717) is 21.1 Å². The molecule has 3 aromatic heterocycles. The molecule has 2 aromatic carbocycles. The van der Waals surface area contributed by atoms with Crippen LogP contribution in [0, 0.1) is 6.92 Å². The van der Waals surface area contributed by atoms with Crippen LogP contribution in [0.5, 0.6) is 0 Å². The number of rotatable bonds is 8. The fourth-order valence-corrected chi connectivity index (χ4v) is 6.44. The first kappa shape index (κ1) is 29.2. The second-order valence-corrected chi connectivity index (χ2v) is 11.6. The van der Waals surface area contributed by atoms with Gasteiger partial charge in [0.15, 0.2) is 18.1 Å². The predicted octanol–water partition coefficient (Wildman–Crippen LogP) is 4.82. The molecule has 5 rings (SSSR count). The first-order valence-electron chi connectivity index (χ1n) is 12.4. The van der Waals surface area contributed by atoms with Crippen molar-refractivity contribution in [2.45, 2.75) is 39.2 Å². The van der Waals surface area contributed by atoms with Crippen molar-refractivity contribution in [2.24, 2.45) is 0 Å². The van der Waals surface area contributed by atoms with Crippen LogP contribution >= 0.6 is 34.5 Å². The molecule has 0 saturated carbocycles. The minimum Gasteiger partial charge on any atom is -0.457 e. The van der Waals surface area contributed by atoms with Gasteiger partial charge < -0.3 is 13.6 Å². The molecule has 42 heavy (non-hydrogen) atoms. The monoisotopic (exact) mass is 628 g/mol. The maximum atomic E-state index is 12.9. The number of hydrogen-bond donors (Lipinski definition) is 1. The maximum absolute atomic E-state index is 12.9.